The van der Waals surface area contributed by atoms with Gasteiger partial charge in [-0.3, -0.25) is 0 Å². The van der Waals surface area contributed by atoms with Gasteiger partial charge in [-0.15, -0.1) is 0 Å². The summed E-state index contributed by atoms with van der Waals surface area (Å²) in [5.41, 5.74) is 1.77. The molecule has 0 saturated carbocycles. The molecule has 1 heterocycles. The van der Waals surface area contributed by atoms with Gasteiger partial charge in [0.05, 0.1) is 0 Å². The van der Waals surface area contributed by atoms with Crippen molar-refractivity contribution in [2.75, 3.05) is 0 Å². The van der Waals surface area contributed by atoms with Crippen molar-refractivity contribution < 1.29 is 4.57 Å². The Morgan fingerprint density at radius 1 is 1.12 bits per heavy atom. The van der Waals surface area contributed by atoms with Crippen molar-refractivity contribution in [3.63, 3.8) is 0 Å². The lowest BCUT2D eigenvalue weighted by Crippen LogP contribution is -2.37. The van der Waals surface area contributed by atoms with Crippen molar-refractivity contribution in [1.82, 2.24) is 0 Å². The molecule has 0 radical (unpaired) electrons. The minimum Gasteiger partial charge on any atom is -0.186 e. The molecule has 78 valence electrons. The van der Waals surface area contributed by atoms with Crippen LogP contribution in [0.25, 0.3) is 0 Å². The monoisotopic (exact) mass is 229 g/mol. The third-order valence-corrected chi connectivity index (χ3v) is 2.57. The normalized spacial score (nSPS) is 9.75. The van der Waals surface area contributed by atoms with Crippen LogP contribution in [0.5, 0.6) is 0 Å². The molecule has 1 aromatic heterocycles. The predicted octanol–water partition coefficient (Wildman–Crippen LogP) is 2.55. The summed E-state index contributed by atoms with van der Waals surface area (Å²) in [5.74, 6) is 0. The third kappa shape index (κ3) is 2.39. The van der Waals surface area contributed by atoms with Crippen molar-refractivity contribution in [3.05, 3.63) is 64.9 Å². The van der Waals surface area contributed by atoms with Gasteiger partial charge in [0.1, 0.15) is 0 Å². The molecule has 0 spiro atoms. The Morgan fingerprint density at radius 2 is 1.88 bits per heavy atom. The van der Waals surface area contributed by atoms with Gasteiger partial charge in [0, 0.05) is 22.7 Å². The average molecular weight is 230 g/mol. The summed E-state index contributed by atoms with van der Waals surface area (Å²) in [5, 5.41) is 9.67. The molecule has 16 heavy (non-hydrogen) atoms. The number of hydrogen-bond acceptors (Lipinski definition) is 1. The van der Waals surface area contributed by atoms with Crippen LogP contribution in [0.15, 0.2) is 48.7 Å². The van der Waals surface area contributed by atoms with E-state index in [1.165, 1.54) is 0 Å². The fraction of sp³-hybridized carbons (Fsp3) is 0.0769. The van der Waals surface area contributed by atoms with Gasteiger partial charge in [-0.25, -0.2) is 0 Å². The number of pyridine rings is 1. The van der Waals surface area contributed by atoms with Gasteiger partial charge < -0.3 is 0 Å². The highest BCUT2D eigenvalue weighted by Gasteiger charge is 2.08. The zero-order valence-corrected chi connectivity index (χ0v) is 9.35. The van der Waals surface area contributed by atoms with Gasteiger partial charge in [0.2, 0.25) is 0 Å². The van der Waals surface area contributed by atoms with Crippen LogP contribution >= 0.6 is 11.6 Å². The van der Waals surface area contributed by atoms with Gasteiger partial charge >= 0.3 is 0 Å². The van der Waals surface area contributed by atoms with Crippen molar-refractivity contribution in [1.29, 1.82) is 5.26 Å². The lowest BCUT2D eigenvalue weighted by Gasteiger charge is -1.99. The minimum absolute atomic E-state index is 0.650. The molecule has 2 nitrogen and oxygen atoms in total. The van der Waals surface area contributed by atoms with E-state index in [4.69, 9.17) is 16.9 Å². The number of rotatable bonds is 2. The minimum atomic E-state index is 0.650. The molecule has 0 aliphatic rings. The first-order chi connectivity index (χ1) is 7.79. The van der Waals surface area contributed by atoms with E-state index in [1.54, 1.807) is 6.07 Å². The molecule has 0 N–H and O–H groups in total. The largest absolute Gasteiger partial charge is 0.283 e. The second-order valence-electron chi connectivity index (χ2n) is 3.45. The lowest BCUT2D eigenvalue weighted by molar-refractivity contribution is -0.690. The number of nitrogens with zero attached hydrogens (tertiary/aromatic N) is 2. The summed E-state index contributed by atoms with van der Waals surface area (Å²) in [6.07, 6.45) is 1.90. The molecule has 0 atom stereocenters. The van der Waals surface area contributed by atoms with Gasteiger partial charge in [-0.2, -0.15) is 9.83 Å². The maximum Gasteiger partial charge on any atom is 0.283 e. The summed E-state index contributed by atoms with van der Waals surface area (Å²) in [7, 11) is 0. The number of aromatic nitrogens is 1. The highest BCUT2D eigenvalue weighted by atomic mass is 35.5. The fourth-order valence-electron chi connectivity index (χ4n) is 1.50. The van der Waals surface area contributed by atoms with Crippen LogP contribution < -0.4 is 4.57 Å². The van der Waals surface area contributed by atoms with Crippen LogP contribution in [0.2, 0.25) is 5.02 Å². The Labute approximate surface area is 99.3 Å². The van der Waals surface area contributed by atoms with Crippen molar-refractivity contribution in [2.24, 2.45) is 0 Å². The highest BCUT2D eigenvalue weighted by Crippen LogP contribution is 2.09. The molecule has 0 amide bonds. The molecule has 0 bridgehead atoms. The fourth-order valence-corrected chi connectivity index (χ4v) is 1.63. The van der Waals surface area contributed by atoms with E-state index in [-0.39, 0.29) is 0 Å². The summed E-state index contributed by atoms with van der Waals surface area (Å²) in [6.45, 7) is 0.681. The van der Waals surface area contributed by atoms with Gasteiger partial charge in [0.25, 0.3) is 5.69 Å². The first kappa shape index (κ1) is 10.7. The standard InChI is InChI=1S/C13H10ClN2/c14-12-6-4-11(5-7-12)10-16-8-2-1-3-13(16)9-15/h1-8H,10H2/q+1. The molecule has 0 saturated heterocycles. The first-order valence-electron chi connectivity index (χ1n) is 4.92. The Balaban J connectivity index is 2.27. The van der Waals surface area contributed by atoms with Crippen LogP contribution in [0.4, 0.5) is 0 Å². The smallest absolute Gasteiger partial charge is 0.186 e. The van der Waals surface area contributed by atoms with Gasteiger partial charge in [-0.05, 0) is 18.2 Å². The summed E-state index contributed by atoms with van der Waals surface area (Å²) in [6, 6.07) is 15.4. The van der Waals surface area contributed by atoms with E-state index in [0.717, 1.165) is 10.6 Å². The van der Waals surface area contributed by atoms with Gasteiger partial charge in [-0.1, -0.05) is 23.7 Å². The van der Waals surface area contributed by atoms with Crippen molar-refractivity contribution in [2.45, 2.75) is 6.54 Å². The number of hydrogen-bond donors (Lipinski definition) is 0. The predicted molar refractivity (Wildman–Crippen MR) is 61.9 cm³/mol. The van der Waals surface area contributed by atoms with Crippen molar-refractivity contribution in [3.8, 4) is 6.07 Å². The molecular weight excluding hydrogens is 220 g/mol. The van der Waals surface area contributed by atoms with E-state index in [2.05, 4.69) is 6.07 Å². The van der Waals surface area contributed by atoms with E-state index in [1.807, 2.05) is 47.2 Å². The van der Waals surface area contributed by atoms with E-state index >= 15 is 0 Å². The average Bonchev–Trinajstić information content (AvgIpc) is 2.33. The molecule has 0 aliphatic carbocycles. The molecular formula is C13H10ClN2+. The maximum atomic E-state index is 8.95. The first-order valence-corrected chi connectivity index (χ1v) is 5.30. The van der Waals surface area contributed by atoms with E-state index < -0.39 is 0 Å². The summed E-state index contributed by atoms with van der Waals surface area (Å²) in [4.78, 5) is 0. The summed E-state index contributed by atoms with van der Waals surface area (Å²) >= 11 is 5.81. The topological polar surface area (TPSA) is 27.7 Å². The SMILES string of the molecule is N#Cc1cccc[n+]1Cc1ccc(Cl)cc1. The zero-order valence-electron chi connectivity index (χ0n) is 8.60. The maximum absolute atomic E-state index is 8.95. The molecule has 3 heteroatoms. The molecule has 1 aromatic carbocycles. The Kier molecular flexibility index (Phi) is 3.19. The molecule has 0 unspecified atom stereocenters. The molecule has 0 fully saturated rings. The second-order valence-corrected chi connectivity index (χ2v) is 3.89. The molecule has 2 aromatic rings. The number of nitriles is 1. The van der Waals surface area contributed by atoms with E-state index in [9.17, 15) is 0 Å². The number of benzene rings is 1. The molecule has 0 aliphatic heterocycles. The Morgan fingerprint density at radius 3 is 2.56 bits per heavy atom. The Bertz CT molecular complexity index is 526. The second kappa shape index (κ2) is 4.78. The quantitative estimate of drug-likeness (QED) is 0.728. The van der Waals surface area contributed by atoms with E-state index in [0.29, 0.717) is 12.2 Å². The van der Waals surface area contributed by atoms with Crippen LogP contribution in [0, 0.1) is 11.3 Å². The van der Waals surface area contributed by atoms with Crippen LogP contribution in [-0.4, -0.2) is 0 Å². The Hall–Kier alpha value is -1.85. The third-order valence-electron chi connectivity index (χ3n) is 2.32. The van der Waals surface area contributed by atoms with Crippen LogP contribution in [0.3, 0.4) is 0 Å². The zero-order chi connectivity index (χ0) is 11.4. The lowest BCUT2D eigenvalue weighted by atomic mass is 10.2. The molecule has 2 rings (SSSR count). The number of halogens is 1. The highest BCUT2D eigenvalue weighted by molar-refractivity contribution is 6.30. The summed E-state index contributed by atoms with van der Waals surface area (Å²) < 4.78 is 1.91. The van der Waals surface area contributed by atoms with Crippen LogP contribution in [0.1, 0.15) is 11.3 Å². The van der Waals surface area contributed by atoms with Gasteiger partial charge in [0.15, 0.2) is 18.8 Å². The van der Waals surface area contributed by atoms with Crippen molar-refractivity contribution >= 4 is 11.6 Å². The van der Waals surface area contributed by atoms with Crippen LogP contribution in [-0.2, 0) is 6.54 Å².